The van der Waals surface area contributed by atoms with Crippen LogP contribution in [0.15, 0.2) is 0 Å². The third-order valence-corrected chi connectivity index (χ3v) is 7.21. The van der Waals surface area contributed by atoms with Crippen molar-refractivity contribution < 1.29 is 100 Å². The molecule has 0 aromatic rings. The van der Waals surface area contributed by atoms with Crippen LogP contribution < -0.4 is 5.32 Å². The van der Waals surface area contributed by atoms with Gasteiger partial charge < -0.3 is 95.8 Å². The lowest BCUT2D eigenvalue weighted by atomic mass is 9.88. The molecule has 0 aromatic heterocycles. The van der Waals surface area contributed by atoms with Gasteiger partial charge in [-0.05, 0) is 0 Å². The molecule has 0 saturated carbocycles. The molecule has 15 N–H and O–H groups in total. The summed E-state index contributed by atoms with van der Waals surface area (Å²) < 4.78 is 21.5. The summed E-state index contributed by atoms with van der Waals surface area (Å²) in [7, 11) is 0. The fraction of sp³-hybridized carbons (Fsp3) is 0.913. The van der Waals surface area contributed by atoms with Crippen LogP contribution in [0.5, 0.6) is 0 Å². The maximum atomic E-state index is 12.6. The van der Waals surface area contributed by atoms with E-state index in [1.165, 1.54) is 0 Å². The van der Waals surface area contributed by atoms with Crippen LogP contribution in [-0.4, -0.2) is 208 Å². The van der Waals surface area contributed by atoms with Crippen LogP contribution in [0, 0.1) is 0 Å². The fourth-order valence-electron chi connectivity index (χ4n) is 4.76. The number of nitrogens with one attached hydrogen (secondary N) is 1. The molecule has 21 nitrogen and oxygen atoms in total. The van der Waals surface area contributed by atoms with E-state index in [-0.39, 0.29) is 0 Å². The normalized spacial score (nSPS) is 36.9. The van der Waals surface area contributed by atoms with Crippen LogP contribution >= 0.6 is 0 Å². The lowest BCUT2D eigenvalue weighted by Gasteiger charge is -2.49. The highest BCUT2D eigenvalue weighted by Gasteiger charge is 2.58. The Hall–Kier alpha value is -1.74. The Kier molecular flexibility index (Phi) is 14.6. The lowest BCUT2D eigenvalue weighted by Crippen LogP contribution is -2.70. The van der Waals surface area contributed by atoms with Crippen molar-refractivity contribution in [3.63, 3.8) is 0 Å². The molecule has 2 aliphatic heterocycles. The molecule has 44 heavy (non-hydrogen) atoms. The molecule has 0 radical (unpaired) electrons. The van der Waals surface area contributed by atoms with Gasteiger partial charge in [-0.15, -0.1) is 0 Å². The first-order chi connectivity index (χ1) is 20.6. The van der Waals surface area contributed by atoms with Crippen molar-refractivity contribution in [2.45, 2.75) is 97.8 Å². The first kappa shape index (κ1) is 38.4. The zero-order valence-electron chi connectivity index (χ0n) is 23.0. The fourth-order valence-corrected chi connectivity index (χ4v) is 4.76. The minimum atomic E-state index is -3.19. The Morgan fingerprint density at radius 1 is 0.841 bits per heavy atom. The van der Waals surface area contributed by atoms with Crippen molar-refractivity contribution >= 4 is 11.9 Å². The second kappa shape index (κ2) is 16.7. The predicted molar refractivity (Wildman–Crippen MR) is 134 cm³/mol. The van der Waals surface area contributed by atoms with E-state index in [9.17, 15) is 76.0 Å². The van der Waals surface area contributed by atoms with E-state index in [2.05, 4.69) is 5.32 Å². The predicted octanol–water partition coefficient (Wildman–Crippen LogP) is -9.62. The number of rotatable bonds is 16. The molecule has 0 unspecified atom stereocenters. The number of carbonyl (C=O) groups excluding carboxylic acids is 1. The second-order valence-electron chi connectivity index (χ2n) is 10.3. The van der Waals surface area contributed by atoms with Gasteiger partial charge in [-0.1, -0.05) is 0 Å². The molecule has 258 valence electrons. The smallest absolute Gasteiger partial charge is 0.364 e. The number of hydrogen-bond donors (Lipinski definition) is 15. The Morgan fingerprint density at radius 3 is 1.91 bits per heavy atom. The van der Waals surface area contributed by atoms with Gasteiger partial charge >= 0.3 is 5.97 Å². The Labute approximate surface area is 248 Å². The summed E-state index contributed by atoms with van der Waals surface area (Å²) in [5.41, 5.74) is 0. The van der Waals surface area contributed by atoms with E-state index >= 15 is 0 Å². The molecule has 1 amide bonds. The molecule has 2 saturated heterocycles. The molecular formula is C23H41NO20. The zero-order valence-corrected chi connectivity index (χ0v) is 23.0. The molecule has 2 aliphatic rings. The average molecular weight is 652 g/mol. The standard InChI is InChI=1S/C23H41NO20/c25-2-8(31)14(35)20-13(24-12(34)6-29)7(30)1-23(44-20,22(39)40)43-19(10(33)4-27)18(9(32)3-26)42-21-17(38)16(37)15(36)11(5-28)41-21/h7-11,13-21,25-33,35-38H,1-6H2,(H,24,34)(H,39,40)/t7-,8+,9+,10-,11+,13+,14+,15-,16-,17+,18-,19+,20+,21-,23+/m0/s1. The number of aliphatic hydroxyl groups is 13. The van der Waals surface area contributed by atoms with E-state index in [1.807, 2.05) is 0 Å². The average Bonchev–Trinajstić information content (AvgIpc) is 3.01. The number of ether oxygens (including phenoxy) is 4. The van der Waals surface area contributed by atoms with E-state index < -0.39 is 143 Å². The minimum absolute atomic E-state index is 0.914. The van der Waals surface area contributed by atoms with E-state index in [1.54, 1.807) is 0 Å². The number of hydrogen-bond acceptors (Lipinski definition) is 19. The van der Waals surface area contributed by atoms with Gasteiger partial charge in [0.15, 0.2) is 6.29 Å². The quantitative estimate of drug-likeness (QED) is 0.0736. The molecule has 0 bridgehead atoms. The molecule has 2 heterocycles. The monoisotopic (exact) mass is 651 g/mol. The summed E-state index contributed by atoms with van der Waals surface area (Å²) in [5.74, 6) is -6.41. The number of carboxylic acids is 1. The molecule has 2 fully saturated rings. The Morgan fingerprint density at radius 2 is 1.41 bits per heavy atom. The number of aliphatic carboxylic acids is 1. The van der Waals surface area contributed by atoms with Crippen molar-refractivity contribution in [2.24, 2.45) is 0 Å². The molecule has 0 aliphatic carbocycles. The summed E-state index contributed by atoms with van der Waals surface area (Å²) in [6.07, 6.45) is -28.0. The van der Waals surface area contributed by atoms with Gasteiger partial charge in [0.25, 0.3) is 5.79 Å². The SMILES string of the molecule is O=C(CO)N[C@H]1[C@H]([C@H](O)[C@H](O)CO)O[C@@](O[C@@H]([C@@H](O[C@@H]2O[C@H](CO)[C@H](O)[C@H](O)[C@H]2O)[C@H](O)CO)[C@@H](O)CO)(C(=O)O)C[C@@H]1O. The molecule has 0 spiro atoms. The first-order valence-corrected chi connectivity index (χ1v) is 13.3. The van der Waals surface area contributed by atoms with Gasteiger partial charge in [-0.3, -0.25) is 4.79 Å². The third-order valence-electron chi connectivity index (χ3n) is 7.21. The van der Waals surface area contributed by atoms with Gasteiger partial charge in [-0.2, -0.15) is 0 Å². The van der Waals surface area contributed by atoms with Crippen LogP contribution in [0.2, 0.25) is 0 Å². The van der Waals surface area contributed by atoms with E-state index in [4.69, 9.17) is 24.1 Å². The molecule has 21 heteroatoms. The van der Waals surface area contributed by atoms with Crippen molar-refractivity contribution in [3.8, 4) is 0 Å². The van der Waals surface area contributed by atoms with Crippen LogP contribution in [0.1, 0.15) is 6.42 Å². The van der Waals surface area contributed by atoms with E-state index in [0.29, 0.717) is 0 Å². The maximum absolute atomic E-state index is 12.6. The van der Waals surface area contributed by atoms with Crippen molar-refractivity contribution in [1.82, 2.24) is 5.32 Å². The minimum Gasteiger partial charge on any atom is -0.477 e. The number of carbonyl (C=O) groups is 2. The molecule has 2 rings (SSSR count). The number of carboxylic acid groups (broad SMARTS) is 1. The van der Waals surface area contributed by atoms with Gasteiger partial charge in [0.1, 0.15) is 73.8 Å². The second-order valence-corrected chi connectivity index (χ2v) is 10.3. The summed E-state index contributed by atoms with van der Waals surface area (Å²) >= 11 is 0. The van der Waals surface area contributed by atoms with Crippen molar-refractivity contribution in [2.75, 3.05) is 33.0 Å². The highest BCUT2D eigenvalue weighted by molar-refractivity contribution is 5.78. The van der Waals surface area contributed by atoms with Gasteiger partial charge in [-0.25, -0.2) is 4.79 Å². The van der Waals surface area contributed by atoms with Crippen molar-refractivity contribution in [3.05, 3.63) is 0 Å². The lowest BCUT2D eigenvalue weighted by molar-refractivity contribution is -0.362. The largest absolute Gasteiger partial charge is 0.477 e. The molecule has 15 atom stereocenters. The molecule has 0 aromatic carbocycles. The summed E-state index contributed by atoms with van der Waals surface area (Å²) in [5, 5.41) is 143. The summed E-state index contributed by atoms with van der Waals surface area (Å²) in [6.45, 7) is -5.62. The van der Waals surface area contributed by atoms with Crippen LogP contribution in [0.25, 0.3) is 0 Å². The third kappa shape index (κ3) is 8.54. The highest BCUT2D eigenvalue weighted by atomic mass is 16.8. The van der Waals surface area contributed by atoms with Crippen LogP contribution in [-0.2, 0) is 28.5 Å². The van der Waals surface area contributed by atoms with E-state index in [0.717, 1.165) is 0 Å². The van der Waals surface area contributed by atoms with Crippen molar-refractivity contribution in [1.29, 1.82) is 0 Å². The highest BCUT2D eigenvalue weighted by Crippen LogP contribution is 2.36. The number of aliphatic hydroxyl groups excluding tert-OH is 13. The Bertz CT molecular complexity index is 913. The number of amides is 1. The maximum Gasteiger partial charge on any atom is 0.364 e. The summed E-state index contributed by atoms with van der Waals surface area (Å²) in [4.78, 5) is 24.5. The topological polar surface area (TPSA) is 366 Å². The van der Waals surface area contributed by atoms with Gasteiger partial charge in [0, 0.05) is 6.42 Å². The van der Waals surface area contributed by atoms with Gasteiger partial charge in [0.05, 0.1) is 38.6 Å². The zero-order chi connectivity index (χ0) is 33.5. The molecular weight excluding hydrogens is 610 g/mol. The first-order valence-electron chi connectivity index (χ1n) is 13.3. The van der Waals surface area contributed by atoms with Crippen LogP contribution in [0.3, 0.4) is 0 Å². The Balaban J connectivity index is 2.56. The van der Waals surface area contributed by atoms with Crippen LogP contribution in [0.4, 0.5) is 0 Å². The van der Waals surface area contributed by atoms with Gasteiger partial charge in [0.2, 0.25) is 5.91 Å². The summed E-state index contributed by atoms with van der Waals surface area (Å²) in [6, 6.07) is -1.74.